The van der Waals surface area contributed by atoms with Crippen LogP contribution in [0.3, 0.4) is 0 Å². The standard InChI is InChI=1S/C18H20ClNO/c1-13(15-3-2-4-17(19)12-15)20-9-7-14-5-6-18-16(11-14)8-10-21-18/h2-6,11-13,20H,7-10H2,1H3. The molecule has 2 aromatic rings. The van der Waals surface area contributed by atoms with E-state index in [1.165, 1.54) is 16.7 Å². The summed E-state index contributed by atoms with van der Waals surface area (Å²) in [6.07, 6.45) is 2.06. The van der Waals surface area contributed by atoms with E-state index < -0.39 is 0 Å². The largest absolute Gasteiger partial charge is 0.493 e. The Hall–Kier alpha value is -1.51. The van der Waals surface area contributed by atoms with Gasteiger partial charge in [-0.15, -0.1) is 0 Å². The van der Waals surface area contributed by atoms with Crippen molar-refractivity contribution in [2.24, 2.45) is 0 Å². The maximum absolute atomic E-state index is 6.03. The van der Waals surface area contributed by atoms with E-state index in [9.17, 15) is 0 Å². The molecule has 1 aliphatic heterocycles. The molecule has 0 saturated heterocycles. The number of benzene rings is 2. The molecule has 0 amide bonds. The van der Waals surface area contributed by atoms with E-state index in [4.69, 9.17) is 16.3 Å². The fourth-order valence-electron chi connectivity index (χ4n) is 2.72. The van der Waals surface area contributed by atoms with Crippen LogP contribution in [0.25, 0.3) is 0 Å². The zero-order chi connectivity index (χ0) is 14.7. The quantitative estimate of drug-likeness (QED) is 0.895. The topological polar surface area (TPSA) is 21.3 Å². The second-order valence-corrected chi connectivity index (χ2v) is 5.96. The maximum atomic E-state index is 6.03. The zero-order valence-electron chi connectivity index (χ0n) is 12.2. The Kier molecular flexibility index (Phi) is 4.47. The van der Waals surface area contributed by atoms with Crippen LogP contribution in [0, 0.1) is 0 Å². The minimum absolute atomic E-state index is 0.307. The minimum Gasteiger partial charge on any atom is -0.493 e. The lowest BCUT2D eigenvalue weighted by Crippen LogP contribution is -2.21. The molecule has 2 nitrogen and oxygen atoms in total. The van der Waals surface area contributed by atoms with Crippen molar-refractivity contribution in [2.75, 3.05) is 13.2 Å². The normalized spacial score (nSPS) is 14.6. The molecule has 1 atom stereocenters. The SMILES string of the molecule is CC(NCCc1ccc2c(c1)CCO2)c1cccc(Cl)c1. The van der Waals surface area contributed by atoms with Gasteiger partial charge >= 0.3 is 0 Å². The van der Waals surface area contributed by atoms with Gasteiger partial charge in [0.15, 0.2) is 0 Å². The van der Waals surface area contributed by atoms with Crippen molar-refractivity contribution in [1.82, 2.24) is 5.32 Å². The highest BCUT2D eigenvalue weighted by atomic mass is 35.5. The Morgan fingerprint density at radius 1 is 1.24 bits per heavy atom. The first-order chi connectivity index (χ1) is 10.2. The molecule has 0 aliphatic carbocycles. The van der Waals surface area contributed by atoms with E-state index >= 15 is 0 Å². The average molecular weight is 302 g/mol. The van der Waals surface area contributed by atoms with Crippen LogP contribution in [0.4, 0.5) is 0 Å². The number of hydrogen-bond donors (Lipinski definition) is 1. The molecule has 0 fully saturated rings. The lowest BCUT2D eigenvalue weighted by atomic mass is 10.1. The van der Waals surface area contributed by atoms with E-state index in [1.54, 1.807) is 0 Å². The number of ether oxygens (including phenoxy) is 1. The van der Waals surface area contributed by atoms with Gasteiger partial charge in [0.25, 0.3) is 0 Å². The second kappa shape index (κ2) is 6.50. The third-order valence-corrected chi connectivity index (χ3v) is 4.20. The van der Waals surface area contributed by atoms with Crippen molar-refractivity contribution in [3.05, 3.63) is 64.2 Å². The highest BCUT2D eigenvalue weighted by Crippen LogP contribution is 2.26. The summed E-state index contributed by atoms with van der Waals surface area (Å²) in [5.74, 6) is 1.05. The zero-order valence-corrected chi connectivity index (χ0v) is 13.0. The molecule has 0 spiro atoms. The van der Waals surface area contributed by atoms with Crippen LogP contribution < -0.4 is 10.1 Å². The van der Waals surface area contributed by atoms with Crippen molar-refractivity contribution >= 4 is 11.6 Å². The van der Waals surface area contributed by atoms with Gasteiger partial charge in [0.2, 0.25) is 0 Å². The molecule has 1 heterocycles. The van der Waals surface area contributed by atoms with Crippen molar-refractivity contribution in [3.8, 4) is 5.75 Å². The van der Waals surface area contributed by atoms with Gasteiger partial charge in [-0.3, -0.25) is 0 Å². The lowest BCUT2D eigenvalue weighted by Gasteiger charge is -2.14. The van der Waals surface area contributed by atoms with E-state index in [0.29, 0.717) is 6.04 Å². The third-order valence-electron chi connectivity index (χ3n) is 3.97. The Morgan fingerprint density at radius 3 is 3.00 bits per heavy atom. The summed E-state index contributed by atoms with van der Waals surface area (Å²) in [6.45, 7) is 3.94. The molecule has 0 aromatic heterocycles. The molecule has 3 rings (SSSR count). The van der Waals surface area contributed by atoms with Gasteiger partial charge in [0.05, 0.1) is 6.61 Å². The van der Waals surface area contributed by atoms with E-state index in [0.717, 1.165) is 36.8 Å². The van der Waals surface area contributed by atoms with Crippen LogP contribution in [0.2, 0.25) is 5.02 Å². The Balaban J connectivity index is 1.54. The van der Waals surface area contributed by atoms with Crippen molar-refractivity contribution < 1.29 is 4.74 Å². The predicted octanol–water partition coefficient (Wildman–Crippen LogP) is 4.17. The molecule has 2 aromatic carbocycles. The summed E-state index contributed by atoms with van der Waals surface area (Å²) in [6, 6.07) is 14.9. The van der Waals surface area contributed by atoms with E-state index in [1.807, 2.05) is 18.2 Å². The minimum atomic E-state index is 0.307. The smallest absolute Gasteiger partial charge is 0.122 e. The van der Waals surface area contributed by atoms with Gasteiger partial charge in [0, 0.05) is 17.5 Å². The molecule has 0 radical (unpaired) electrons. The maximum Gasteiger partial charge on any atom is 0.122 e. The second-order valence-electron chi connectivity index (χ2n) is 5.52. The molecule has 1 aliphatic rings. The van der Waals surface area contributed by atoms with Crippen LogP contribution >= 0.6 is 11.6 Å². The number of halogens is 1. The Morgan fingerprint density at radius 2 is 2.14 bits per heavy atom. The van der Waals surface area contributed by atoms with Crippen molar-refractivity contribution in [1.29, 1.82) is 0 Å². The summed E-state index contributed by atoms with van der Waals surface area (Å²) >= 11 is 6.03. The Bertz CT molecular complexity index is 626. The monoisotopic (exact) mass is 301 g/mol. The third kappa shape index (κ3) is 3.58. The molecule has 0 saturated carbocycles. The number of fused-ring (bicyclic) bond motifs is 1. The number of rotatable bonds is 5. The van der Waals surface area contributed by atoms with Gasteiger partial charge in [-0.25, -0.2) is 0 Å². The van der Waals surface area contributed by atoms with Gasteiger partial charge < -0.3 is 10.1 Å². The first-order valence-electron chi connectivity index (χ1n) is 7.46. The van der Waals surface area contributed by atoms with Crippen LogP contribution in [-0.4, -0.2) is 13.2 Å². The molecular formula is C18H20ClNO. The fourth-order valence-corrected chi connectivity index (χ4v) is 2.92. The van der Waals surface area contributed by atoms with Gasteiger partial charge in [0.1, 0.15) is 5.75 Å². The van der Waals surface area contributed by atoms with Crippen LogP contribution in [0.5, 0.6) is 5.75 Å². The van der Waals surface area contributed by atoms with E-state index in [-0.39, 0.29) is 0 Å². The molecular weight excluding hydrogens is 282 g/mol. The Labute approximate surface area is 131 Å². The fraction of sp³-hybridized carbons (Fsp3) is 0.333. The van der Waals surface area contributed by atoms with Crippen LogP contribution in [0.1, 0.15) is 29.7 Å². The molecule has 1 N–H and O–H groups in total. The van der Waals surface area contributed by atoms with Crippen molar-refractivity contribution in [3.63, 3.8) is 0 Å². The molecule has 3 heteroatoms. The average Bonchev–Trinajstić information content (AvgIpc) is 2.94. The highest BCUT2D eigenvalue weighted by Gasteiger charge is 2.12. The highest BCUT2D eigenvalue weighted by molar-refractivity contribution is 6.30. The number of hydrogen-bond acceptors (Lipinski definition) is 2. The molecule has 1 unspecified atom stereocenters. The molecule has 110 valence electrons. The molecule has 0 bridgehead atoms. The predicted molar refractivity (Wildman–Crippen MR) is 87.2 cm³/mol. The van der Waals surface area contributed by atoms with Crippen LogP contribution in [-0.2, 0) is 12.8 Å². The summed E-state index contributed by atoms with van der Waals surface area (Å²) in [5, 5.41) is 4.34. The molecule has 21 heavy (non-hydrogen) atoms. The van der Waals surface area contributed by atoms with E-state index in [2.05, 4.69) is 36.5 Å². The van der Waals surface area contributed by atoms with Crippen molar-refractivity contribution in [2.45, 2.75) is 25.8 Å². The van der Waals surface area contributed by atoms with Gasteiger partial charge in [-0.1, -0.05) is 35.9 Å². The summed E-state index contributed by atoms with van der Waals surface area (Å²) < 4.78 is 5.54. The van der Waals surface area contributed by atoms with Crippen LogP contribution in [0.15, 0.2) is 42.5 Å². The summed E-state index contributed by atoms with van der Waals surface area (Å²) in [5.41, 5.74) is 3.94. The lowest BCUT2D eigenvalue weighted by molar-refractivity contribution is 0.357. The van der Waals surface area contributed by atoms with Gasteiger partial charge in [-0.05, 0) is 54.8 Å². The first-order valence-corrected chi connectivity index (χ1v) is 7.83. The summed E-state index contributed by atoms with van der Waals surface area (Å²) in [4.78, 5) is 0. The van der Waals surface area contributed by atoms with Gasteiger partial charge in [-0.2, -0.15) is 0 Å². The first kappa shape index (κ1) is 14.4. The summed E-state index contributed by atoms with van der Waals surface area (Å²) in [7, 11) is 0. The number of nitrogens with one attached hydrogen (secondary N) is 1.